The fraction of sp³-hybridized carbons (Fsp3) is 0.533. The van der Waals surface area contributed by atoms with Gasteiger partial charge >= 0.3 is 5.97 Å². The van der Waals surface area contributed by atoms with E-state index < -0.39 is 12.0 Å². The van der Waals surface area contributed by atoms with Gasteiger partial charge in [-0.25, -0.2) is 0 Å². The number of nitrogens with zero attached hydrogens (tertiary/aromatic N) is 1. The summed E-state index contributed by atoms with van der Waals surface area (Å²) >= 11 is 0. The first-order valence-electron chi connectivity index (χ1n) is 6.89. The number of aliphatic carboxylic acids is 1. The van der Waals surface area contributed by atoms with Crippen LogP contribution in [0.1, 0.15) is 24.0 Å². The molecule has 0 saturated carbocycles. The van der Waals surface area contributed by atoms with Gasteiger partial charge in [-0.15, -0.1) is 0 Å². The summed E-state index contributed by atoms with van der Waals surface area (Å²) in [5, 5.41) is 9.49. The Balaban J connectivity index is 1.86. The molecule has 2 aliphatic rings. The van der Waals surface area contributed by atoms with Gasteiger partial charge in [-0.1, -0.05) is 24.3 Å². The van der Waals surface area contributed by atoms with E-state index in [9.17, 15) is 9.90 Å². The second-order valence-electron chi connectivity index (χ2n) is 5.34. The number of ether oxygens (including phenoxy) is 1. The molecule has 1 unspecified atom stereocenters. The van der Waals surface area contributed by atoms with Crippen LogP contribution in [0.15, 0.2) is 24.3 Å². The summed E-state index contributed by atoms with van der Waals surface area (Å²) in [5.74, 6) is -0.707. The van der Waals surface area contributed by atoms with Crippen molar-refractivity contribution >= 4 is 5.97 Å². The molecule has 0 radical (unpaired) electrons. The van der Waals surface area contributed by atoms with Gasteiger partial charge in [0.2, 0.25) is 0 Å². The lowest BCUT2D eigenvalue weighted by molar-refractivity contribution is -0.146. The molecule has 1 atom stereocenters. The molecular weight excluding hydrogens is 242 g/mol. The summed E-state index contributed by atoms with van der Waals surface area (Å²) in [6, 6.07) is 8.12. The molecule has 1 aromatic carbocycles. The van der Waals surface area contributed by atoms with Crippen molar-refractivity contribution in [2.24, 2.45) is 0 Å². The van der Waals surface area contributed by atoms with Crippen molar-refractivity contribution in [2.75, 3.05) is 13.2 Å². The van der Waals surface area contributed by atoms with Gasteiger partial charge in [0.1, 0.15) is 6.04 Å². The standard InChI is InChI=1S/C15H19NO3/c17-15(18)14-9-11-3-1-2-4-12(11)10-16(14)13-5-7-19-8-6-13/h1-4,13-14H,5-10H2,(H,17,18). The first-order valence-corrected chi connectivity index (χ1v) is 6.89. The minimum Gasteiger partial charge on any atom is -0.480 e. The molecule has 1 saturated heterocycles. The van der Waals surface area contributed by atoms with Gasteiger partial charge in [-0.3, -0.25) is 9.69 Å². The van der Waals surface area contributed by atoms with E-state index in [1.807, 2.05) is 18.2 Å². The maximum atomic E-state index is 11.5. The zero-order chi connectivity index (χ0) is 13.2. The Morgan fingerprint density at radius 2 is 1.89 bits per heavy atom. The number of rotatable bonds is 2. The van der Waals surface area contributed by atoms with Gasteiger partial charge < -0.3 is 9.84 Å². The van der Waals surface area contributed by atoms with E-state index >= 15 is 0 Å². The molecule has 0 aromatic heterocycles. The second-order valence-corrected chi connectivity index (χ2v) is 5.34. The lowest BCUT2D eigenvalue weighted by atomic mass is 9.91. The van der Waals surface area contributed by atoms with Crippen LogP contribution in [0.3, 0.4) is 0 Å². The van der Waals surface area contributed by atoms with Crippen LogP contribution < -0.4 is 0 Å². The summed E-state index contributed by atoms with van der Waals surface area (Å²) in [6.45, 7) is 2.24. The highest BCUT2D eigenvalue weighted by molar-refractivity contribution is 5.74. The van der Waals surface area contributed by atoms with Crippen LogP contribution in [-0.4, -0.2) is 41.3 Å². The molecule has 0 amide bonds. The average Bonchev–Trinajstić information content (AvgIpc) is 2.46. The van der Waals surface area contributed by atoms with Gasteiger partial charge in [0.25, 0.3) is 0 Å². The van der Waals surface area contributed by atoms with E-state index in [4.69, 9.17) is 4.74 Å². The minimum absolute atomic E-state index is 0.336. The highest BCUT2D eigenvalue weighted by Gasteiger charge is 2.36. The van der Waals surface area contributed by atoms with E-state index in [1.54, 1.807) is 0 Å². The lowest BCUT2D eigenvalue weighted by Crippen LogP contribution is -2.52. The number of hydrogen-bond acceptors (Lipinski definition) is 3. The third-order valence-corrected chi connectivity index (χ3v) is 4.23. The third kappa shape index (κ3) is 2.51. The number of benzene rings is 1. The third-order valence-electron chi connectivity index (χ3n) is 4.23. The molecule has 1 N–H and O–H groups in total. The van der Waals surface area contributed by atoms with Gasteiger partial charge in [0, 0.05) is 25.8 Å². The smallest absolute Gasteiger partial charge is 0.321 e. The van der Waals surface area contributed by atoms with Gasteiger partial charge in [-0.05, 0) is 30.4 Å². The average molecular weight is 261 g/mol. The summed E-state index contributed by atoms with van der Waals surface area (Å²) in [4.78, 5) is 13.7. The first kappa shape index (κ1) is 12.6. The molecule has 3 rings (SSSR count). The largest absolute Gasteiger partial charge is 0.480 e. The van der Waals surface area contributed by atoms with Crippen molar-refractivity contribution in [1.29, 1.82) is 0 Å². The van der Waals surface area contributed by atoms with Gasteiger partial charge in [0.15, 0.2) is 0 Å². The van der Waals surface area contributed by atoms with Crippen molar-refractivity contribution < 1.29 is 14.6 Å². The number of carboxylic acid groups (broad SMARTS) is 1. The molecule has 2 aliphatic heterocycles. The number of fused-ring (bicyclic) bond motifs is 1. The second kappa shape index (κ2) is 5.31. The van der Waals surface area contributed by atoms with E-state index in [0.717, 1.165) is 32.6 Å². The van der Waals surface area contributed by atoms with Crippen LogP contribution in [-0.2, 0) is 22.5 Å². The Morgan fingerprint density at radius 3 is 2.58 bits per heavy atom. The van der Waals surface area contributed by atoms with Crippen LogP contribution in [0, 0.1) is 0 Å². The van der Waals surface area contributed by atoms with E-state index in [0.29, 0.717) is 12.5 Å². The predicted octanol–water partition coefficient (Wildman–Crippen LogP) is 1.68. The maximum absolute atomic E-state index is 11.5. The van der Waals surface area contributed by atoms with Crippen molar-refractivity contribution in [2.45, 2.75) is 37.9 Å². The molecule has 19 heavy (non-hydrogen) atoms. The molecule has 102 valence electrons. The predicted molar refractivity (Wildman–Crippen MR) is 71.0 cm³/mol. The first-order chi connectivity index (χ1) is 9.25. The van der Waals surface area contributed by atoms with Crippen molar-refractivity contribution in [3.8, 4) is 0 Å². The summed E-state index contributed by atoms with van der Waals surface area (Å²) in [5.41, 5.74) is 2.45. The van der Waals surface area contributed by atoms with Crippen molar-refractivity contribution in [3.63, 3.8) is 0 Å². The van der Waals surface area contributed by atoms with Gasteiger partial charge in [-0.2, -0.15) is 0 Å². The zero-order valence-electron chi connectivity index (χ0n) is 10.9. The highest BCUT2D eigenvalue weighted by atomic mass is 16.5. The zero-order valence-corrected chi connectivity index (χ0v) is 10.9. The monoisotopic (exact) mass is 261 g/mol. The molecule has 0 bridgehead atoms. The summed E-state index contributed by atoms with van der Waals surface area (Å²) in [7, 11) is 0. The number of carboxylic acids is 1. The summed E-state index contributed by atoms with van der Waals surface area (Å²) < 4.78 is 5.38. The molecule has 0 aliphatic carbocycles. The van der Waals surface area contributed by atoms with Crippen LogP contribution in [0.25, 0.3) is 0 Å². The normalized spacial score (nSPS) is 24.9. The minimum atomic E-state index is -0.707. The summed E-state index contributed by atoms with van der Waals surface area (Å²) in [6.07, 6.45) is 2.49. The molecule has 2 heterocycles. The molecule has 1 aromatic rings. The molecule has 4 heteroatoms. The quantitative estimate of drug-likeness (QED) is 0.880. The number of hydrogen-bond donors (Lipinski definition) is 1. The SMILES string of the molecule is O=C(O)C1Cc2ccccc2CN1C1CCOCC1. The van der Waals surface area contributed by atoms with Gasteiger partial charge in [0.05, 0.1) is 0 Å². The van der Waals surface area contributed by atoms with Crippen LogP contribution in [0.2, 0.25) is 0 Å². The number of carbonyl (C=O) groups is 1. The Morgan fingerprint density at radius 1 is 1.21 bits per heavy atom. The lowest BCUT2D eigenvalue weighted by Gasteiger charge is -2.41. The Bertz CT molecular complexity index is 468. The fourth-order valence-electron chi connectivity index (χ4n) is 3.17. The molecule has 0 spiro atoms. The Hall–Kier alpha value is -1.39. The van der Waals surface area contributed by atoms with Crippen LogP contribution in [0.5, 0.6) is 0 Å². The molecular formula is C15H19NO3. The molecule has 1 fully saturated rings. The molecule has 4 nitrogen and oxygen atoms in total. The Labute approximate surface area is 113 Å². The van der Waals surface area contributed by atoms with Crippen LogP contribution >= 0.6 is 0 Å². The fourth-order valence-corrected chi connectivity index (χ4v) is 3.17. The Kier molecular flexibility index (Phi) is 3.53. The van der Waals surface area contributed by atoms with E-state index in [2.05, 4.69) is 11.0 Å². The van der Waals surface area contributed by atoms with E-state index in [-0.39, 0.29) is 0 Å². The van der Waals surface area contributed by atoms with E-state index in [1.165, 1.54) is 11.1 Å². The van der Waals surface area contributed by atoms with Crippen molar-refractivity contribution in [1.82, 2.24) is 4.90 Å². The maximum Gasteiger partial charge on any atom is 0.321 e. The van der Waals surface area contributed by atoms with Crippen LogP contribution in [0.4, 0.5) is 0 Å². The highest BCUT2D eigenvalue weighted by Crippen LogP contribution is 2.28. The van der Waals surface area contributed by atoms with Crippen molar-refractivity contribution in [3.05, 3.63) is 35.4 Å². The topological polar surface area (TPSA) is 49.8 Å².